The van der Waals surface area contributed by atoms with Gasteiger partial charge in [-0.3, -0.25) is 10.1 Å². The fourth-order valence-corrected chi connectivity index (χ4v) is 3.03. The van der Waals surface area contributed by atoms with Crippen LogP contribution < -0.4 is 4.90 Å². The molecule has 0 spiro atoms. The van der Waals surface area contributed by atoms with Crippen LogP contribution in [-0.4, -0.2) is 38.4 Å². The van der Waals surface area contributed by atoms with Gasteiger partial charge >= 0.3 is 6.18 Å². The van der Waals surface area contributed by atoms with E-state index in [0.29, 0.717) is 6.07 Å². The van der Waals surface area contributed by atoms with E-state index in [9.17, 15) is 31.7 Å². The van der Waals surface area contributed by atoms with E-state index >= 15 is 0 Å². The predicted molar refractivity (Wildman–Crippen MR) is 75.7 cm³/mol. The van der Waals surface area contributed by atoms with Crippen LogP contribution in [0.25, 0.3) is 0 Å². The van der Waals surface area contributed by atoms with E-state index < -0.39 is 38.2 Å². The maximum atomic E-state index is 12.6. The molecular formula is C12H15F3N2O4S. The SMILES string of the molecule is CC(CS(C)(=O)=O)N(C)c1ccc(C(F)(F)F)cc1[N+](=O)[O-]. The number of alkyl halides is 3. The third kappa shape index (κ3) is 4.58. The summed E-state index contributed by atoms with van der Waals surface area (Å²) in [5, 5.41) is 11.0. The molecule has 0 N–H and O–H groups in total. The van der Waals surface area contributed by atoms with Gasteiger partial charge in [-0.25, -0.2) is 8.42 Å². The zero-order chi connectivity index (χ0) is 17.3. The summed E-state index contributed by atoms with van der Waals surface area (Å²) in [5.41, 5.74) is -1.93. The number of nitro benzene ring substituents is 1. The quantitative estimate of drug-likeness (QED) is 0.608. The summed E-state index contributed by atoms with van der Waals surface area (Å²) in [5.74, 6) is -0.276. The standard InChI is InChI=1S/C12H15F3N2O4S/c1-8(7-22(3,20)21)16(2)10-5-4-9(12(13,14)15)6-11(10)17(18)19/h4-6,8H,7H2,1-3H3. The van der Waals surface area contributed by atoms with Crippen LogP contribution in [0.3, 0.4) is 0 Å². The van der Waals surface area contributed by atoms with Crippen molar-refractivity contribution in [2.24, 2.45) is 0 Å². The Labute approximate surface area is 125 Å². The molecule has 0 aliphatic carbocycles. The third-order valence-corrected chi connectivity index (χ3v) is 4.17. The Bertz CT molecular complexity index is 673. The van der Waals surface area contributed by atoms with Gasteiger partial charge in [0.25, 0.3) is 5.69 Å². The number of hydrogen-bond acceptors (Lipinski definition) is 5. The van der Waals surface area contributed by atoms with Crippen molar-refractivity contribution in [1.29, 1.82) is 0 Å². The van der Waals surface area contributed by atoms with Gasteiger partial charge in [0.05, 0.1) is 16.2 Å². The monoisotopic (exact) mass is 340 g/mol. The third-order valence-electron chi connectivity index (χ3n) is 3.08. The second kappa shape index (κ2) is 6.11. The zero-order valence-electron chi connectivity index (χ0n) is 12.1. The molecule has 22 heavy (non-hydrogen) atoms. The van der Waals surface area contributed by atoms with E-state index in [1.165, 1.54) is 18.9 Å². The Morgan fingerprint density at radius 2 is 1.91 bits per heavy atom. The molecule has 1 aromatic rings. The number of anilines is 1. The molecule has 0 saturated heterocycles. The van der Waals surface area contributed by atoms with Gasteiger partial charge in [-0.15, -0.1) is 0 Å². The number of rotatable bonds is 5. The smallest absolute Gasteiger partial charge is 0.365 e. The lowest BCUT2D eigenvalue weighted by Crippen LogP contribution is -2.35. The van der Waals surface area contributed by atoms with Gasteiger partial charge in [-0.1, -0.05) is 0 Å². The topological polar surface area (TPSA) is 80.5 Å². The second-order valence-electron chi connectivity index (χ2n) is 5.01. The summed E-state index contributed by atoms with van der Waals surface area (Å²) >= 11 is 0. The molecular weight excluding hydrogens is 325 g/mol. The molecule has 0 bridgehead atoms. The highest BCUT2D eigenvalue weighted by Crippen LogP contribution is 2.36. The maximum Gasteiger partial charge on any atom is 0.416 e. The summed E-state index contributed by atoms with van der Waals surface area (Å²) in [6.45, 7) is 1.52. The van der Waals surface area contributed by atoms with Crippen molar-refractivity contribution in [1.82, 2.24) is 0 Å². The van der Waals surface area contributed by atoms with Gasteiger partial charge in [-0.2, -0.15) is 13.2 Å². The lowest BCUT2D eigenvalue weighted by atomic mass is 10.1. The zero-order valence-corrected chi connectivity index (χ0v) is 12.9. The van der Waals surface area contributed by atoms with Gasteiger partial charge in [0, 0.05) is 25.4 Å². The second-order valence-corrected chi connectivity index (χ2v) is 7.20. The van der Waals surface area contributed by atoms with Crippen molar-refractivity contribution in [3.63, 3.8) is 0 Å². The van der Waals surface area contributed by atoms with Crippen LogP contribution in [0.15, 0.2) is 18.2 Å². The largest absolute Gasteiger partial charge is 0.416 e. The summed E-state index contributed by atoms with van der Waals surface area (Å²) in [6.07, 6.45) is -3.68. The molecule has 0 saturated carbocycles. The molecule has 0 heterocycles. The molecule has 0 amide bonds. The highest BCUT2D eigenvalue weighted by atomic mass is 32.2. The van der Waals surface area contributed by atoms with Gasteiger partial charge in [0.1, 0.15) is 15.5 Å². The Kier molecular flexibility index (Phi) is 5.06. The lowest BCUT2D eigenvalue weighted by Gasteiger charge is -2.26. The Balaban J connectivity index is 3.27. The number of halogens is 3. The molecule has 124 valence electrons. The Morgan fingerprint density at radius 3 is 2.32 bits per heavy atom. The van der Waals surface area contributed by atoms with Crippen LogP contribution in [0.2, 0.25) is 0 Å². The summed E-state index contributed by atoms with van der Waals surface area (Å²) in [4.78, 5) is 11.4. The normalized spacial score (nSPS) is 13.7. The minimum atomic E-state index is -4.69. The van der Waals surface area contributed by atoms with E-state index in [1.54, 1.807) is 0 Å². The molecule has 0 aliphatic rings. The number of nitrogens with zero attached hydrogens (tertiary/aromatic N) is 2. The van der Waals surface area contributed by atoms with Crippen molar-refractivity contribution in [3.8, 4) is 0 Å². The van der Waals surface area contributed by atoms with E-state index in [2.05, 4.69) is 0 Å². The van der Waals surface area contributed by atoms with Crippen molar-refractivity contribution in [2.75, 3.05) is 24.0 Å². The fourth-order valence-electron chi connectivity index (χ4n) is 1.93. The van der Waals surface area contributed by atoms with E-state index in [4.69, 9.17) is 0 Å². The highest BCUT2D eigenvalue weighted by molar-refractivity contribution is 7.90. The Morgan fingerprint density at radius 1 is 1.36 bits per heavy atom. The molecule has 1 aromatic carbocycles. The van der Waals surface area contributed by atoms with Gasteiger partial charge < -0.3 is 4.90 Å². The lowest BCUT2D eigenvalue weighted by molar-refractivity contribution is -0.384. The van der Waals surface area contributed by atoms with Gasteiger partial charge in [0.15, 0.2) is 0 Å². The molecule has 1 rings (SSSR count). The average Bonchev–Trinajstić information content (AvgIpc) is 2.33. The summed E-state index contributed by atoms with van der Waals surface area (Å²) in [6, 6.07) is 1.51. The molecule has 0 radical (unpaired) electrons. The molecule has 0 aliphatic heterocycles. The number of hydrogen-bond donors (Lipinski definition) is 0. The first-order valence-corrected chi connectivity index (χ1v) is 8.15. The fraction of sp³-hybridized carbons (Fsp3) is 0.500. The minimum absolute atomic E-state index is 0.0749. The van der Waals surface area contributed by atoms with Crippen molar-refractivity contribution in [2.45, 2.75) is 19.1 Å². The van der Waals surface area contributed by atoms with Crippen LogP contribution in [0, 0.1) is 10.1 Å². The molecule has 6 nitrogen and oxygen atoms in total. The molecule has 0 aromatic heterocycles. The van der Waals surface area contributed by atoms with E-state index in [-0.39, 0.29) is 11.4 Å². The van der Waals surface area contributed by atoms with Gasteiger partial charge in [-0.05, 0) is 19.1 Å². The first-order valence-electron chi connectivity index (χ1n) is 6.09. The molecule has 10 heteroatoms. The first-order chi connectivity index (χ1) is 9.83. The molecule has 0 fully saturated rings. The van der Waals surface area contributed by atoms with Crippen LogP contribution in [0.4, 0.5) is 24.5 Å². The molecule has 1 atom stereocenters. The van der Waals surface area contributed by atoms with Crippen molar-refractivity contribution in [3.05, 3.63) is 33.9 Å². The number of benzene rings is 1. The van der Waals surface area contributed by atoms with Crippen molar-refractivity contribution < 1.29 is 26.5 Å². The average molecular weight is 340 g/mol. The minimum Gasteiger partial charge on any atom is -0.365 e. The van der Waals surface area contributed by atoms with Crippen LogP contribution >= 0.6 is 0 Å². The first kappa shape index (κ1) is 18.2. The number of sulfone groups is 1. The highest BCUT2D eigenvalue weighted by Gasteiger charge is 2.34. The molecule has 1 unspecified atom stereocenters. The summed E-state index contributed by atoms with van der Waals surface area (Å²) < 4.78 is 60.4. The number of nitro groups is 1. The predicted octanol–water partition coefficient (Wildman–Crippen LogP) is 2.48. The van der Waals surface area contributed by atoms with Gasteiger partial charge in [0.2, 0.25) is 0 Å². The van der Waals surface area contributed by atoms with Crippen LogP contribution in [0.5, 0.6) is 0 Å². The maximum absolute atomic E-state index is 12.6. The van der Waals surface area contributed by atoms with Crippen molar-refractivity contribution >= 4 is 21.2 Å². The van der Waals surface area contributed by atoms with Crippen LogP contribution in [-0.2, 0) is 16.0 Å². The van der Waals surface area contributed by atoms with E-state index in [0.717, 1.165) is 18.4 Å². The van der Waals surface area contributed by atoms with Crippen LogP contribution in [0.1, 0.15) is 12.5 Å². The Hall–Kier alpha value is -1.84. The van der Waals surface area contributed by atoms with E-state index in [1.807, 2.05) is 0 Å². The summed E-state index contributed by atoms with van der Waals surface area (Å²) in [7, 11) is -1.94.